The van der Waals surface area contributed by atoms with Crippen LogP contribution in [0.5, 0.6) is 0 Å². The van der Waals surface area contributed by atoms with Crippen LogP contribution in [0.4, 0.5) is 0 Å². The Morgan fingerprint density at radius 3 is 2.88 bits per heavy atom. The summed E-state index contributed by atoms with van der Waals surface area (Å²) in [6.07, 6.45) is 6.71. The maximum absolute atomic E-state index is 13.0. The lowest BCUT2D eigenvalue weighted by molar-refractivity contribution is 0.0487. The molecule has 1 N–H and O–H groups in total. The summed E-state index contributed by atoms with van der Waals surface area (Å²) in [6, 6.07) is 11.3. The van der Waals surface area contributed by atoms with Gasteiger partial charge in [-0.15, -0.1) is 11.3 Å². The summed E-state index contributed by atoms with van der Waals surface area (Å²) in [5.74, 6) is 0. The first-order chi connectivity index (χ1) is 15.7. The normalized spacial score (nSPS) is 20.3. The van der Waals surface area contributed by atoms with Gasteiger partial charge in [0.15, 0.2) is 0 Å². The third-order valence-corrected chi connectivity index (χ3v) is 8.30. The lowest BCUT2D eigenvalue weighted by Crippen LogP contribution is -2.47. The molecule has 1 aliphatic heterocycles. The Labute approximate surface area is 192 Å². The quantitative estimate of drug-likeness (QED) is 0.595. The molecule has 170 valence electrons. The number of rotatable bonds is 7. The molecular weight excluding hydrogens is 422 g/mol. The molecule has 1 aromatic carbocycles. The summed E-state index contributed by atoms with van der Waals surface area (Å²) in [4.78, 5) is 19.8. The largest absolute Gasteiger partial charge is 0.383 e. The van der Waals surface area contributed by atoms with Crippen molar-refractivity contribution in [3.63, 3.8) is 0 Å². The minimum absolute atomic E-state index is 0.0706. The smallest absolute Gasteiger partial charge is 0.262 e. The van der Waals surface area contributed by atoms with E-state index in [0.717, 1.165) is 62.1 Å². The van der Waals surface area contributed by atoms with E-state index in [2.05, 4.69) is 40.6 Å². The first-order valence-electron chi connectivity index (χ1n) is 11.6. The Kier molecular flexibility index (Phi) is 6.42. The van der Waals surface area contributed by atoms with Crippen molar-refractivity contribution in [1.29, 1.82) is 0 Å². The lowest BCUT2D eigenvalue weighted by Gasteiger charge is -2.39. The number of hydrogen-bond donors (Lipinski definition) is 1. The van der Waals surface area contributed by atoms with Crippen LogP contribution in [-0.4, -0.2) is 49.1 Å². The topological polar surface area (TPSA) is 65.4 Å². The van der Waals surface area contributed by atoms with Gasteiger partial charge in [0.2, 0.25) is 0 Å². The Bertz CT molecular complexity index is 1120. The number of benzene rings is 1. The predicted octanol–water partition coefficient (Wildman–Crippen LogP) is 3.30. The van der Waals surface area contributed by atoms with E-state index >= 15 is 0 Å². The Hall–Kier alpha value is -2.06. The van der Waals surface area contributed by atoms with Gasteiger partial charge in [-0.25, -0.2) is 4.98 Å². The standard InChI is InChI=1S/C25H31N3O3S/c1-30-14-11-28-17-27-23-22(24(28)29)20-8-7-19(15-21(20)32-23)26-16-25(9-12-31-13-10-25)18-5-3-2-4-6-18/h2-6,17,19,26H,7-16H2,1H3/t19-/m1/s1. The molecule has 1 fully saturated rings. The van der Waals surface area contributed by atoms with Crippen molar-refractivity contribution >= 4 is 21.6 Å². The van der Waals surface area contributed by atoms with Crippen molar-refractivity contribution in [2.24, 2.45) is 0 Å². The molecule has 0 saturated carbocycles. The fourth-order valence-electron chi connectivity index (χ4n) is 5.19. The zero-order chi connectivity index (χ0) is 22.0. The van der Waals surface area contributed by atoms with Gasteiger partial charge < -0.3 is 14.8 Å². The molecule has 1 aliphatic carbocycles. The number of nitrogens with one attached hydrogen (secondary N) is 1. The van der Waals surface area contributed by atoms with Gasteiger partial charge in [-0.1, -0.05) is 30.3 Å². The molecule has 32 heavy (non-hydrogen) atoms. The number of aromatic nitrogens is 2. The zero-order valence-corrected chi connectivity index (χ0v) is 19.5. The van der Waals surface area contributed by atoms with E-state index in [1.165, 1.54) is 16.0 Å². The molecule has 2 aliphatic rings. The molecule has 0 bridgehead atoms. The van der Waals surface area contributed by atoms with Gasteiger partial charge in [-0.05, 0) is 43.2 Å². The molecule has 5 rings (SSSR count). The molecule has 2 aromatic heterocycles. The number of fused-ring (bicyclic) bond motifs is 3. The van der Waals surface area contributed by atoms with Crippen LogP contribution in [0, 0.1) is 0 Å². The van der Waals surface area contributed by atoms with Crippen molar-refractivity contribution in [3.8, 4) is 0 Å². The van der Waals surface area contributed by atoms with E-state index in [4.69, 9.17) is 9.47 Å². The molecule has 3 aromatic rings. The summed E-state index contributed by atoms with van der Waals surface area (Å²) in [5, 5.41) is 4.73. The maximum Gasteiger partial charge on any atom is 0.262 e. The molecule has 0 unspecified atom stereocenters. The molecule has 1 atom stereocenters. The third kappa shape index (κ3) is 4.15. The van der Waals surface area contributed by atoms with E-state index in [-0.39, 0.29) is 11.0 Å². The van der Waals surface area contributed by atoms with E-state index in [1.54, 1.807) is 29.3 Å². The molecule has 6 nitrogen and oxygen atoms in total. The maximum atomic E-state index is 13.0. The fraction of sp³-hybridized carbons (Fsp3) is 0.520. The molecule has 3 heterocycles. The Morgan fingerprint density at radius 2 is 2.09 bits per heavy atom. The molecule has 7 heteroatoms. The average molecular weight is 454 g/mol. The van der Waals surface area contributed by atoms with Crippen LogP contribution in [0.25, 0.3) is 10.2 Å². The molecule has 0 spiro atoms. The highest BCUT2D eigenvalue weighted by Gasteiger charge is 2.35. The van der Waals surface area contributed by atoms with Gasteiger partial charge in [0, 0.05) is 43.2 Å². The van der Waals surface area contributed by atoms with Crippen LogP contribution in [-0.2, 0) is 34.3 Å². The first kappa shape index (κ1) is 21.8. The monoisotopic (exact) mass is 453 g/mol. The second kappa shape index (κ2) is 9.43. The molecule has 1 saturated heterocycles. The summed E-state index contributed by atoms with van der Waals surface area (Å²) < 4.78 is 12.5. The van der Waals surface area contributed by atoms with E-state index in [0.29, 0.717) is 19.2 Å². The fourth-order valence-corrected chi connectivity index (χ4v) is 6.44. The Morgan fingerprint density at radius 1 is 1.28 bits per heavy atom. The highest BCUT2D eigenvalue weighted by Crippen LogP contribution is 2.36. The lowest BCUT2D eigenvalue weighted by atomic mass is 9.74. The van der Waals surface area contributed by atoms with Crippen LogP contribution >= 0.6 is 11.3 Å². The van der Waals surface area contributed by atoms with Gasteiger partial charge in [0.25, 0.3) is 5.56 Å². The number of hydrogen-bond acceptors (Lipinski definition) is 6. The van der Waals surface area contributed by atoms with Crippen molar-refractivity contribution in [1.82, 2.24) is 14.9 Å². The summed E-state index contributed by atoms with van der Waals surface area (Å²) >= 11 is 1.69. The number of aryl methyl sites for hydroxylation is 1. The van der Waals surface area contributed by atoms with Crippen molar-refractivity contribution < 1.29 is 9.47 Å². The predicted molar refractivity (Wildman–Crippen MR) is 128 cm³/mol. The first-order valence-corrected chi connectivity index (χ1v) is 12.4. The average Bonchev–Trinajstić information content (AvgIpc) is 3.22. The van der Waals surface area contributed by atoms with E-state index in [1.807, 2.05) is 0 Å². The highest BCUT2D eigenvalue weighted by atomic mass is 32.1. The minimum atomic E-state index is 0.0706. The van der Waals surface area contributed by atoms with Crippen molar-refractivity contribution in [3.05, 3.63) is 63.0 Å². The molecular formula is C25H31N3O3S. The van der Waals surface area contributed by atoms with Crippen LogP contribution < -0.4 is 10.9 Å². The number of nitrogens with zero attached hydrogens (tertiary/aromatic N) is 2. The second-order valence-corrected chi connectivity index (χ2v) is 10.1. The van der Waals surface area contributed by atoms with Crippen molar-refractivity contribution in [2.45, 2.75) is 50.1 Å². The van der Waals surface area contributed by atoms with Gasteiger partial charge in [-0.2, -0.15) is 0 Å². The summed E-state index contributed by atoms with van der Waals surface area (Å²) in [7, 11) is 1.65. The van der Waals surface area contributed by atoms with Crippen LogP contribution in [0.3, 0.4) is 0 Å². The van der Waals surface area contributed by atoms with E-state index in [9.17, 15) is 4.79 Å². The number of ether oxygens (including phenoxy) is 2. The third-order valence-electron chi connectivity index (χ3n) is 7.14. The van der Waals surface area contributed by atoms with E-state index < -0.39 is 0 Å². The van der Waals surface area contributed by atoms with Gasteiger partial charge in [0.1, 0.15) is 4.83 Å². The zero-order valence-electron chi connectivity index (χ0n) is 18.6. The van der Waals surface area contributed by atoms with Gasteiger partial charge in [-0.3, -0.25) is 9.36 Å². The van der Waals surface area contributed by atoms with Crippen LogP contribution in [0.1, 0.15) is 35.3 Å². The van der Waals surface area contributed by atoms with Gasteiger partial charge in [0.05, 0.1) is 24.9 Å². The van der Waals surface area contributed by atoms with Crippen LogP contribution in [0.15, 0.2) is 41.5 Å². The second-order valence-electron chi connectivity index (χ2n) is 9.00. The van der Waals surface area contributed by atoms with Crippen molar-refractivity contribution in [2.75, 3.05) is 33.5 Å². The summed E-state index contributed by atoms with van der Waals surface area (Å²) in [5.41, 5.74) is 2.84. The van der Waals surface area contributed by atoms with Gasteiger partial charge >= 0.3 is 0 Å². The minimum Gasteiger partial charge on any atom is -0.383 e. The number of methoxy groups -OCH3 is 1. The molecule has 0 amide bonds. The SMILES string of the molecule is COCCn1cnc2sc3c(c2c1=O)CC[C@@H](NCC1(c2ccccc2)CCOCC1)C3. The summed E-state index contributed by atoms with van der Waals surface area (Å²) in [6.45, 7) is 3.66. The number of thiophene rings is 1. The highest BCUT2D eigenvalue weighted by molar-refractivity contribution is 7.18. The molecule has 0 radical (unpaired) electrons. The Balaban J connectivity index is 1.34. The van der Waals surface area contributed by atoms with Crippen LogP contribution in [0.2, 0.25) is 0 Å².